The Hall–Kier alpha value is -2.45. The number of ether oxygens (including phenoxy) is 1. The lowest BCUT2D eigenvalue weighted by Crippen LogP contribution is -2.43. The predicted octanol–water partition coefficient (Wildman–Crippen LogP) is 1.05. The summed E-state index contributed by atoms with van der Waals surface area (Å²) in [5.74, 6) is 1.07. The van der Waals surface area contributed by atoms with E-state index in [-0.39, 0.29) is 23.6 Å². The zero-order valence-electron chi connectivity index (χ0n) is 16.9. The minimum atomic E-state index is -0.123. The van der Waals surface area contributed by atoms with E-state index in [1.54, 1.807) is 11.6 Å². The van der Waals surface area contributed by atoms with E-state index in [0.717, 1.165) is 56.9 Å². The van der Waals surface area contributed by atoms with Crippen molar-refractivity contribution in [2.45, 2.75) is 37.7 Å². The van der Waals surface area contributed by atoms with Crippen LogP contribution in [-0.4, -0.2) is 64.0 Å². The molecule has 1 atom stereocenters. The molecule has 1 N–H and O–H groups in total. The van der Waals surface area contributed by atoms with Crippen LogP contribution in [0.5, 0.6) is 0 Å². The molecule has 2 aliphatic rings. The van der Waals surface area contributed by atoms with E-state index in [2.05, 4.69) is 15.3 Å². The summed E-state index contributed by atoms with van der Waals surface area (Å²) in [6.45, 7) is 3.45. The van der Waals surface area contributed by atoms with Crippen molar-refractivity contribution in [1.82, 2.24) is 24.6 Å². The maximum absolute atomic E-state index is 12.6. The topological polar surface area (TPSA) is 81.4 Å². The fraction of sp³-hybridized carbons (Fsp3) is 0.571. The summed E-state index contributed by atoms with van der Waals surface area (Å²) < 4.78 is 8.68. The van der Waals surface area contributed by atoms with Crippen molar-refractivity contribution in [3.63, 3.8) is 0 Å². The molecule has 2 saturated heterocycles. The largest absolute Gasteiger partial charge is 0.376 e. The molecule has 4 rings (SSSR count). The van der Waals surface area contributed by atoms with Gasteiger partial charge in [-0.05, 0) is 50.9 Å². The van der Waals surface area contributed by atoms with Gasteiger partial charge < -0.3 is 10.1 Å². The van der Waals surface area contributed by atoms with E-state index in [4.69, 9.17) is 4.74 Å². The summed E-state index contributed by atoms with van der Waals surface area (Å²) in [6, 6.07) is 9.65. The minimum Gasteiger partial charge on any atom is -0.376 e. The number of nitrogens with zero attached hydrogens (tertiary/aromatic N) is 4. The fourth-order valence-electron chi connectivity index (χ4n) is 4.21. The second-order valence-corrected chi connectivity index (χ2v) is 7.92. The van der Waals surface area contributed by atoms with Gasteiger partial charge in [0.05, 0.1) is 18.3 Å². The normalized spacial score (nSPS) is 20.8. The average Bonchev–Trinajstić information content (AvgIpc) is 3.36. The summed E-state index contributed by atoms with van der Waals surface area (Å²) in [5.41, 5.74) is 0.721. The van der Waals surface area contributed by atoms with Gasteiger partial charge in [-0.25, -0.2) is 14.0 Å². The number of rotatable bonds is 6. The van der Waals surface area contributed by atoms with Crippen LogP contribution in [0.25, 0.3) is 5.69 Å². The number of nitrogens with one attached hydrogen (secondary N) is 1. The van der Waals surface area contributed by atoms with E-state index in [1.165, 1.54) is 4.68 Å². The summed E-state index contributed by atoms with van der Waals surface area (Å²) in [6.07, 6.45) is 4.03. The highest BCUT2D eigenvalue weighted by atomic mass is 16.5. The van der Waals surface area contributed by atoms with Gasteiger partial charge >= 0.3 is 5.69 Å². The number of likely N-dealkylation sites (tertiary alicyclic amines) is 1. The van der Waals surface area contributed by atoms with Crippen LogP contribution >= 0.6 is 0 Å². The van der Waals surface area contributed by atoms with Crippen molar-refractivity contribution < 1.29 is 9.53 Å². The van der Waals surface area contributed by atoms with Gasteiger partial charge in [0.1, 0.15) is 5.82 Å². The Morgan fingerprint density at radius 3 is 2.66 bits per heavy atom. The molecule has 29 heavy (non-hydrogen) atoms. The predicted molar refractivity (Wildman–Crippen MR) is 109 cm³/mol. The van der Waals surface area contributed by atoms with E-state index in [9.17, 15) is 9.59 Å². The van der Waals surface area contributed by atoms with E-state index < -0.39 is 0 Å². The first-order valence-corrected chi connectivity index (χ1v) is 10.4. The van der Waals surface area contributed by atoms with Gasteiger partial charge in [-0.1, -0.05) is 18.2 Å². The number of aryl methyl sites for hydroxylation is 1. The summed E-state index contributed by atoms with van der Waals surface area (Å²) in [4.78, 5) is 27.0. The van der Waals surface area contributed by atoms with Crippen molar-refractivity contribution >= 4 is 5.91 Å². The van der Waals surface area contributed by atoms with Gasteiger partial charge in [-0.15, -0.1) is 0 Å². The first-order valence-electron chi connectivity index (χ1n) is 10.4. The Morgan fingerprint density at radius 2 is 1.97 bits per heavy atom. The van der Waals surface area contributed by atoms with Gasteiger partial charge in [0.25, 0.3) is 0 Å². The van der Waals surface area contributed by atoms with Gasteiger partial charge in [0, 0.05) is 26.1 Å². The Labute approximate surface area is 170 Å². The number of hydrogen-bond donors (Lipinski definition) is 1. The maximum Gasteiger partial charge on any atom is 0.350 e. The molecule has 3 heterocycles. The molecule has 8 heteroatoms. The number of hydrogen-bond acceptors (Lipinski definition) is 5. The van der Waals surface area contributed by atoms with Crippen LogP contribution in [0.2, 0.25) is 0 Å². The highest BCUT2D eigenvalue weighted by Gasteiger charge is 2.27. The monoisotopic (exact) mass is 399 g/mol. The number of amides is 1. The average molecular weight is 399 g/mol. The van der Waals surface area contributed by atoms with E-state index in [0.29, 0.717) is 13.1 Å². The zero-order valence-corrected chi connectivity index (χ0v) is 16.9. The summed E-state index contributed by atoms with van der Waals surface area (Å²) in [5, 5.41) is 7.51. The van der Waals surface area contributed by atoms with Crippen LogP contribution in [0, 0.1) is 0 Å². The molecule has 1 aromatic carbocycles. The van der Waals surface area contributed by atoms with Crippen molar-refractivity contribution in [1.29, 1.82) is 0 Å². The van der Waals surface area contributed by atoms with Gasteiger partial charge in [0.15, 0.2) is 0 Å². The molecule has 1 amide bonds. The minimum absolute atomic E-state index is 0.0537. The van der Waals surface area contributed by atoms with Crippen molar-refractivity contribution in [3.8, 4) is 5.69 Å². The molecule has 0 aliphatic carbocycles. The number of aromatic nitrogens is 3. The number of carbonyl (C=O) groups is 1. The molecular weight excluding hydrogens is 370 g/mol. The summed E-state index contributed by atoms with van der Waals surface area (Å²) >= 11 is 0. The number of piperidine rings is 1. The van der Waals surface area contributed by atoms with Crippen molar-refractivity contribution in [2.75, 3.05) is 32.8 Å². The van der Waals surface area contributed by atoms with Crippen LogP contribution in [0.1, 0.15) is 37.4 Å². The van der Waals surface area contributed by atoms with Crippen LogP contribution in [0.3, 0.4) is 0 Å². The lowest BCUT2D eigenvalue weighted by Gasteiger charge is -2.31. The van der Waals surface area contributed by atoms with E-state index >= 15 is 0 Å². The van der Waals surface area contributed by atoms with Crippen LogP contribution < -0.4 is 11.0 Å². The molecule has 156 valence electrons. The Kier molecular flexibility index (Phi) is 6.10. The number of carbonyl (C=O) groups excluding carboxylic acids is 1. The van der Waals surface area contributed by atoms with E-state index in [1.807, 2.05) is 30.3 Å². The highest BCUT2D eigenvalue weighted by Crippen LogP contribution is 2.27. The van der Waals surface area contributed by atoms with Crippen LogP contribution in [0.4, 0.5) is 0 Å². The molecule has 1 aromatic heterocycles. The second-order valence-electron chi connectivity index (χ2n) is 7.92. The molecule has 0 bridgehead atoms. The Bertz CT molecular complexity index is 877. The maximum atomic E-state index is 12.6. The Balaban J connectivity index is 1.35. The first-order chi connectivity index (χ1) is 14.1. The van der Waals surface area contributed by atoms with Crippen molar-refractivity contribution in [3.05, 3.63) is 46.6 Å². The molecule has 0 saturated carbocycles. The molecule has 2 aliphatic heterocycles. The zero-order chi connectivity index (χ0) is 20.2. The molecule has 8 nitrogen and oxygen atoms in total. The quantitative estimate of drug-likeness (QED) is 0.785. The molecule has 1 unspecified atom stereocenters. The Morgan fingerprint density at radius 1 is 1.21 bits per heavy atom. The third-order valence-corrected chi connectivity index (χ3v) is 5.83. The number of benzene rings is 1. The highest BCUT2D eigenvalue weighted by molar-refractivity contribution is 5.78. The molecular formula is C21H29N5O3. The third kappa shape index (κ3) is 4.59. The molecule has 2 fully saturated rings. The smallest absolute Gasteiger partial charge is 0.350 e. The van der Waals surface area contributed by atoms with Gasteiger partial charge in [-0.3, -0.25) is 9.69 Å². The van der Waals surface area contributed by atoms with Gasteiger partial charge in [0.2, 0.25) is 5.91 Å². The standard InChI is InChI=1S/C21H29N5O3/c1-24-21(28)26(17-6-3-2-4-7-17)20(23-24)16-9-11-25(12-10-16)15-19(27)22-14-18-8-5-13-29-18/h2-4,6-7,16,18H,5,8-15H2,1H3,(H,22,27). The third-order valence-electron chi connectivity index (χ3n) is 5.83. The van der Waals surface area contributed by atoms with Crippen molar-refractivity contribution in [2.24, 2.45) is 7.05 Å². The SMILES string of the molecule is Cn1nc(C2CCN(CC(=O)NCC3CCCO3)CC2)n(-c2ccccc2)c1=O. The van der Waals surface area contributed by atoms with Gasteiger partial charge in [-0.2, -0.15) is 5.10 Å². The molecule has 0 radical (unpaired) electrons. The molecule has 0 spiro atoms. The van der Waals surface area contributed by atoms with Crippen LogP contribution in [0.15, 0.2) is 35.1 Å². The number of para-hydroxylation sites is 1. The molecule has 2 aromatic rings. The van der Waals surface area contributed by atoms with Crippen LogP contribution in [-0.2, 0) is 16.6 Å². The fourth-order valence-corrected chi connectivity index (χ4v) is 4.21. The second kappa shape index (κ2) is 8.92. The lowest BCUT2D eigenvalue weighted by molar-refractivity contribution is -0.123. The first kappa shape index (κ1) is 19.8. The summed E-state index contributed by atoms with van der Waals surface area (Å²) in [7, 11) is 1.69. The lowest BCUT2D eigenvalue weighted by atomic mass is 9.95.